The molecule has 0 spiro atoms. The molecule has 78 valence electrons. The van der Waals surface area contributed by atoms with Gasteiger partial charge in [0, 0.05) is 23.6 Å². The molecule has 0 aliphatic heterocycles. The van der Waals surface area contributed by atoms with Gasteiger partial charge in [0.15, 0.2) is 0 Å². The Morgan fingerprint density at radius 3 is 2.07 bits per heavy atom. The van der Waals surface area contributed by atoms with Crippen molar-refractivity contribution in [1.29, 1.82) is 0 Å². The van der Waals surface area contributed by atoms with E-state index in [0.717, 1.165) is 12.0 Å². The number of hydrogen-bond donors (Lipinski definition) is 0. The average molecular weight is 254 g/mol. The van der Waals surface area contributed by atoms with Crippen LogP contribution >= 0.6 is 23.6 Å². The number of hydrogen-bond acceptors (Lipinski definition) is 2. The molecule has 0 radical (unpaired) electrons. The van der Waals surface area contributed by atoms with Crippen molar-refractivity contribution in [2.45, 2.75) is 18.2 Å². The maximum Gasteiger partial charge on any atom is 0.270 e. The summed E-state index contributed by atoms with van der Waals surface area (Å²) >= 11 is 10.4. The molecule has 0 unspecified atom stereocenters. The Labute approximate surface area is 93.5 Å². The van der Waals surface area contributed by atoms with Crippen molar-refractivity contribution >= 4 is 33.6 Å². The number of sulfonamides is 1. The molecule has 0 saturated heterocycles. The quantitative estimate of drug-likeness (QED) is 0.777. The van der Waals surface area contributed by atoms with Gasteiger partial charge >= 0.3 is 0 Å². The molecule has 0 aliphatic rings. The fraction of sp³-hybridized carbons (Fsp3) is 0.250. The number of aryl methyl sites for hydroxylation is 1. The summed E-state index contributed by atoms with van der Waals surface area (Å²) in [7, 11) is -3.74. The lowest BCUT2D eigenvalue weighted by molar-refractivity contribution is 0.579. The second-order valence-corrected chi connectivity index (χ2v) is 5.71. The fourth-order valence-electron chi connectivity index (χ4n) is 0.977. The van der Waals surface area contributed by atoms with Gasteiger partial charge in [0.25, 0.3) is 10.0 Å². The molecule has 0 heterocycles. The minimum Gasteiger partial charge on any atom is -0.204 e. The van der Waals surface area contributed by atoms with Gasteiger partial charge in [0.2, 0.25) is 0 Å². The Bertz CT molecular complexity index is 400. The molecule has 0 aliphatic carbocycles. The highest BCUT2D eigenvalue weighted by atomic mass is 35.5. The van der Waals surface area contributed by atoms with Gasteiger partial charge < -0.3 is 0 Å². The van der Waals surface area contributed by atoms with Gasteiger partial charge in [-0.2, -0.15) is 0 Å². The zero-order chi connectivity index (χ0) is 10.8. The van der Waals surface area contributed by atoms with Gasteiger partial charge in [-0.3, -0.25) is 0 Å². The highest BCUT2D eigenvalue weighted by Crippen LogP contribution is 2.19. The molecule has 0 atom stereocenters. The van der Waals surface area contributed by atoms with E-state index in [0.29, 0.717) is 0 Å². The normalized spacial score (nSPS) is 12.0. The molecule has 0 saturated carbocycles. The van der Waals surface area contributed by atoms with Gasteiger partial charge in [0.1, 0.15) is 0 Å². The van der Waals surface area contributed by atoms with Crippen LogP contribution in [0.25, 0.3) is 0 Å². The third-order valence-corrected chi connectivity index (χ3v) is 4.13. The van der Waals surface area contributed by atoms with Crippen molar-refractivity contribution in [3.63, 3.8) is 0 Å². The first-order valence-corrected chi connectivity index (χ1v) is 6.06. The van der Waals surface area contributed by atoms with Crippen molar-refractivity contribution in [2.75, 3.05) is 0 Å². The van der Waals surface area contributed by atoms with Crippen molar-refractivity contribution in [3.8, 4) is 0 Å². The molecule has 1 rings (SSSR count). The van der Waals surface area contributed by atoms with Crippen LogP contribution in [0.1, 0.15) is 12.5 Å². The maximum absolute atomic E-state index is 11.4. The van der Waals surface area contributed by atoms with Crippen LogP contribution in [0.15, 0.2) is 29.2 Å². The maximum atomic E-state index is 11.4. The van der Waals surface area contributed by atoms with Crippen LogP contribution in [0.4, 0.5) is 0 Å². The Balaban J connectivity index is 3.10. The molecule has 0 bridgehead atoms. The molecule has 0 amide bonds. The molecule has 0 N–H and O–H groups in total. The van der Waals surface area contributed by atoms with E-state index in [1.165, 1.54) is 12.1 Å². The molecular weight excluding hydrogens is 245 g/mol. The van der Waals surface area contributed by atoms with Gasteiger partial charge in [-0.25, -0.2) is 8.42 Å². The highest BCUT2D eigenvalue weighted by molar-refractivity contribution is 7.91. The summed E-state index contributed by atoms with van der Waals surface area (Å²) < 4.78 is 22.9. The zero-order valence-electron chi connectivity index (χ0n) is 7.44. The molecular formula is C8H9Cl2NO2S. The fourth-order valence-corrected chi connectivity index (χ4v) is 2.09. The molecule has 6 heteroatoms. The number of halogens is 2. The zero-order valence-corrected chi connectivity index (χ0v) is 9.77. The van der Waals surface area contributed by atoms with E-state index in [4.69, 9.17) is 23.6 Å². The van der Waals surface area contributed by atoms with E-state index in [9.17, 15) is 8.42 Å². The van der Waals surface area contributed by atoms with E-state index in [1.807, 2.05) is 6.92 Å². The second-order valence-electron chi connectivity index (χ2n) is 2.67. The van der Waals surface area contributed by atoms with Crippen molar-refractivity contribution in [1.82, 2.24) is 3.34 Å². The highest BCUT2D eigenvalue weighted by Gasteiger charge is 2.20. The number of rotatable bonds is 3. The number of benzene rings is 1. The summed E-state index contributed by atoms with van der Waals surface area (Å²) in [6.07, 6.45) is 0.853. The summed E-state index contributed by atoms with van der Waals surface area (Å²) in [5.41, 5.74) is 1.06. The first-order chi connectivity index (χ1) is 6.48. The second kappa shape index (κ2) is 4.49. The monoisotopic (exact) mass is 253 g/mol. The SMILES string of the molecule is CCc1ccc(S(=O)(=O)N(Cl)Cl)cc1. The van der Waals surface area contributed by atoms with Crippen LogP contribution < -0.4 is 0 Å². The minimum atomic E-state index is -3.74. The van der Waals surface area contributed by atoms with Gasteiger partial charge in [-0.1, -0.05) is 19.1 Å². The van der Waals surface area contributed by atoms with Crippen LogP contribution in [0.2, 0.25) is 0 Å². The third kappa shape index (κ3) is 2.39. The molecule has 14 heavy (non-hydrogen) atoms. The first-order valence-electron chi connectivity index (χ1n) is 3.94. The molecule has 1 aromatic carbocycles. The lowest BCUT2D eigenvalue weighted by Gasteiger charge is -2.06. The van der Waals surface area contributed by atoms with E-state index in [2.05, 4.69) is 0 Å². The molecule has 0 aromatic heterocycles. The summed E-state index contributed by atoms with van der Waals surface area (Å²) in [5.74, 6) is 0. The average Bonchev–Trinajstić information content (AvgIpc) is 2.17. The lowest BCUT2D eigenvalue weighted by Crippen LogP contribution is -2.12. The molecule has 1 aromatic rings. The smallest absolute Gasteiger partial charge is 0.204 e. The molecule has 0 fully saturated rings. The Kier molecular flexibility index (Phi) is 3.78. The van der Waals surface area contributed by atoms with Crippen LogP contribution in [-0.4, -0.2) is 11.8 Å². The topological polar surface area (TPSA) is 37.4 Å². The summed E-state index contributed by atoms with van der Waals surface area (Å²) in [5, 5.41) is 0. The van der Waals surface area contributed by atoms with Crippen LogP contribution in [0.3, 0.4) is 0 Å². The lowest BCUT2D eigenvalue weighted by atomic mass is 10.2. The number of nitrogens with zero attached hydrogens (tertiary/aromatic N) is 1. The van der Waals surface area contributed by atoms with Gasteiger partial charge in [0.05, 0.1) is 4.90 Å². The molecule has 3 nitrogen and oxygen atoms in total. The van der Waals surface area contributed by atoms with Gasteiger partial charge in [-0.15, -0.1) is 0 Å². The summed E-state index contributed by atoms with van der Waals surface area (Å²) in [4.78, 5) is 0.0831. The summed E-state index contributed by atoms with van der Waals surface area (Å²) in [6.45, 7) is 1.99. The summed E-state index contributed by atoms with van der Waals surface area (Å²) in [6, 6.07) is 6.41. The minimum absolute atomic E-state index is 0.0831. The van der Waals surface area contributed by atoms with Crippen molar-refractivity contribution in [3.05, 3.63) is 29.8 Å². The van der Waals surface area contributed by atoms with Crippen LogP contribution in [0, 0.1) is 0 Å². The predicted molar refractivity (Wildman–Crippen MR) is 56.6 cm³/mol. The predicted octanol–water partition coefficient (Wildman–Crippen LogP) is 2.55. The van der Waals surface area contributed by atoms with Crippen molar-refractivity contribution < 1.29 is 8.42 Å². The Morgan fingerprint density at radius 2 is 1.71 bits per heavy atom. The first kappa shape index (κ1) is 11.8. The van der Waals surface area contributed by atoms with Crippen LogP contribution in [-0.2, 0) is 16.4 Å². The standard InChI is InChI=1S/C8H9Cl2NO2S/c1-2-7-3-5-8(6-4-7)14(12,13)11(9)10/h3-6H,2H2,1H3. The van der Waals surface area contributed by atoms with Crippen molar-refractivity contribution in [2.24, 2.45) is 0 Å². The van der Waals surface area contributed by atoms with E-state index < -0.39 is 10.0 Å². The Morgan fingerprint density at radius 1 is 1.21 bits per heavy atom. The van der Waals surface area contributed by atoms with E-state index >= 15 is 0 Å². The third-order valence-electron chi connectivity index (χ3n) is 1.81. The van der Waals surface area contributed by atoms with Gasteiger partial charge in [-0.05, 0) is 27.5 Å². The van der Waals surface area contributed by atoms with E-state index in [-0.39, 0.29) is 8.24 Å². The van der Waals surface area contributed by atoms with E-state index in [1.54, 1.807) is 12.1 Å². The Hall–Kier alpha value is -0.290. The largest absolute Gasteiger partial charge is 0.270 e. The van der Waals surface area contributed by atoms with Crippen LogP contribution in [0.5, 0.6) is 0 Å².